The van der Waals surface area contributed by atoms with Crippen LogP contribution in [0.3, 0.4) is 0 Å². The van der Waals surface area contributed by atoms with Crippen LogP contribution in [0.1, 0.15) is 34.8 Å². The number of ether oxygens (including phenoxy) is 1. The van der Waals surface area contributed by atoms with Gasteiger partial charge >= 0.3 is 0 Å². The third-order valence-corrected chi connectivity index (χ3v) is 6.57. The van der Waals surface area contributed by atoms with Gasteiger partial charge in [-0.2, -0.15) is 0 Å². The molecule has 4 nitrogen and oxygen atoms in total. The molecule has 0 spiro atoms. The zero-order valence-electron chi connectivity index (χ0n) is 17.5. The molecule has 0 fully saturated rings. The quantitative estimate of drug-likeness (QED) is 0.428. The summed E-state index contributed by atoms with van der Waals surface area (Å²) in [4.78, 5) is 19.7. The van der Waals surface area contributed by atoms with E-state index in [9.17, 15) is 9.18 Å². The number of nitrogens with zero attached hydrogens (tertiary/aromatic N) is 1. The topological polar surface area (TPSA) is 50.7 Å². The predicted octanol–water partition coefficient (Wildman–Crippen LogP) is 5.88. The fourth-order valence-electron chi connectivity index (χ4n) is 3.83. The van der Waals surface area contributed by atoms with Crippen molar-refractivity contribution in [3.63, 3.8) is 0 Å². The van der Waals surface area contributed by atoms with Crippen LogP contribution in [-0.2, 0) is 4.74 Å². The summed E-state index contributed by atoms with van der Waals surface area (Å²) in [5, 5.41) is 2.95. The Labute approximate surface area is 190 Å². The van der Waals surface area contributed by atoms with Crippen molar-refractivity contribution in [2.45, 2.75) is 29.2 Å². The van der Waals surface area contributed by atoms with E-state index < -0.39 is 0 Å². The van der Waals surface area contributed by atoms with Crippen molar-refractivity contribution in [3.05, 3.63) is 101 Å². The highest BCUT2D eigenvalue weighted by Crippen LogP contribution is 2.41. The smallest absolute Gasteiger partial charge is 0.251 e. The molecule has 2 aliphatic rings. The third kappa shape index (κ3) is 4.18. The van der Waals surface area contributed by atoms with Crippen molar-refractivity contribution in [3.8, 4) is 0 Å². The second-order valence-electron chi connectivity index (χ2n) is 7.75. The zero-order chi connectivity index (χ0) is 22.1. The summed E-state index contributed by atoms with van der Waals surface area (Å²) in [6, 6.07) is 19.9. The van der Waals surface area contributed by atoms with E-state index in [4.69, 9.17) is 9.73 Å². The van der Waals surface area contributed by atoms with E-state index in [0.717, 1.165) is 27.5 Å². The van der Waals surface area contributed by atoms with Gasteiger partial charge in [0.25, 0.3) is 5.91 Å². The van der Waals surface area contributed by atoms with Crippen molar-refractivity contribution >= 4 is 29.1 Å². The maximum atomic E-state index is 14.0. The number of amides is 1. The second-order valence-corrected chi connectivity index (χ2v) is 8.84. The molecule has 32 heavy (non-hydrogen) atoms. The maximum absolute atomic E-state index is 14.0. The number of rotatable bonds is 4. The minimum atomic E-state index is -0.313. The first-order chi connectivity index (χ1) is 15.6. The van der Waals surface area contributed by atoms with Crippen molar-refractivity contribution in [1.82, 2.24) is 5.32 Å². The van der Waals surface area contributed by atoms with Crippen molar-refractivity contribution in [2.24, 2.45) is 4.99 Å². The van der Waals surface area contributed by atoms with Crippen LogP contribution < -0.4 is 5.32 Å². The number of fused-ring (bicyclic) bond motifs is 2. The summed E-state index contributed by atoms with van der Waals surface area (Å²) >= 11 is 1.59. The molecule has 0 bridgehead atoms. The van der Waals surface area contributed by atoms with E-state index >= 15 is 0 Å². The second kappa shape index (κ2) is 8.63. The Morgan fingerprint density at radius 2 is 2.00 bits per heavy atom. The normalized spacial score (nSPS) is 16.8. The number of aliphatic imine (C=N–C) groups is 1. The van der Waals surface area contributed by atoms with E-state index in [2.05, 4.69) is 5.32 Å². The Kier molecular flexibility index (Phi) is 5.53. The van der Waals surface area contributed by atoms with Crippen LogP contribution >= 0.6 is 11.8 Å². The molecular weight excluding hydrogens is 423 g/mol. The van der Waals surface area contributed by atoms with Crippen LogP contribution in [0.15, 0.2) is 93.3 Å². The summed E-state index contributed by atoms with van der Waals surface area (Å²) in [5.74, 6) is 0.409. The fraction of sp³-hybridized carbons (Fsp3) is 0.154. The van der Waals surface area contributed by atoms with E-state index in [1.54, 1.807) is 23.9 Å². The van der Waals surface area contributed by atoms with E-state index in [1.807, 2.05) is 55.5 Å². The molecular formula is C26H21FN2O2S. The first kappa shape index (κ1) is 20.5. The molecule has 3 aromatic carbocycles. The summed E-state index contributed by atoms with van der Waals surface area (Å²) in [6.45, 7) is 2.36. The van der Waals surface area contributed by atoms with Crippen LogP contribution in [0.2, 0.25) is 0 Å². The van der Waals surface area contributed by atoms with Crippen LogP contribution in [0.4, 0.5) is 10.1 Å². The molecule has 2 heterocycles. The molecule has 2 aliphatic heterocycles. The minimum absolute atomic E-state index is 0.0255. The Morgan fingerprint density at radius 3 is 2.81 bits per heavy atom. The molecule has 0 saturated carbocycles. The van der Waals surface area contributed by atoms with E-state index in [1.165, 1.54) is 12.1 Å². The van der Waals surface area contributed by atoms with Gasteiger partial charge in [0.05, 0.1) is 23.7 Å². The number of carbonyl (C=O) groups excluding carboxylic acids is 1. The number of nitrogens with one attached hydrogen (secondary N) is 1. The molecule has 1 amide bonds. The minimum Gasteiger partial charge on any atom is -0.493 e. The summed E-state index contributed by atoms with van der Waals surface area (Å²) in [5.41, 5.74) is 3.53. The molecule has 5 rings (SSSR count). The first-order valence-electron chi connectivity index (χ1n) is 10.4. The molecule has 160 valence electrons. The summed E-state index contributed by atoms with van der Waals surface area (Å²) in [6.07, 6.45) is 2.80. The first-order valence-corrected chi connectivity index (χ1v) is 11.3. The highest BCUT2D eigenvalue weighted by Gasteiger charge is 2.21. The van der Waals surface area contributed by atoms with Crippen LogP contribution in [-0.4, -0.2) is 24.3 Å². The van der Waals surface area contributed by atoms with Gasteiger partial charge in [-0.3, -0.25) is 4.79 Å². The monoisotopic (exact) mass is 444 g/mol. The molecule has 1 atom stereocenters. The SMILES string of the molecule is CC1=CCC(CNC(=O)c2ccc3c(c2)N=C(c2cccc(F)c2)c2ccccc2S3)O1. The van der Waals surface area contributed by atoms with Crippen LogP contribution in [0.5, 0.6) is 0 Å². The largest absolute Gasteiger partial charge is 0.493 e. The lowest BCUT2D eigenvalue weighted by Crippen LogP contribution is -2.31. The van der Waals surface area contributed by atoms with Crippen molar-refractivity contribution in [1.29, 1.82) is 0 Å². The van der Waals surface area contributed by atoms with Gasteiger partial charge in [-0.1, -0.05) is 42.1 Å². The lowest BCUT2D eigenvalue weighted by atomic mass is 10.0. The van der Waals surface area contributed by atoms with Gasteiger partial charge in [-0.05, 0) is 49.4 Å². The molecule has 0 aliphatic carbocycles. The number of hydrogen-bond acceptors (Lipinski definition) is 4. The van der Waals surface area contributed by atoms with Crippen molar-refractivity contribution < 1.29 is 13.9 Å². The van der Waals surface area contributed by atoms with E-state index in [-0.39, 0.29) is 17.8 Å². The number of benzene rings is 3. The Balaban J connectivity index is 1.48. The molecule has 3 aromatic rings. The molecule has 0 saturated heterocycles. The lowest BCUT2D eigenvalue weighted by molar-refractivity contribution is 0.0903. The molecule has 6 heteroatoms. The Hall–Kier alpha value is -3.38. The van der Waals surface area contributed by atoms with Gasteiger partial charge < -0.3 is 10.1 Å². The van der Waals surface area contributed by atoms with Gasteiger partial charge in [0.15, 0.2) is 0 Å². The molecule has 0 aromatic heterocycles. The standard InChI is InChI=1S/C26H21FN2O2S/c1-16-9-11-20(31-16)15-28-26(30)18-10-12-24-22(14-18)29-25(17-5-4-6-19(27)13-17)21-7-2-3-8-23(21)32-24/h2-10,12-14,20H,11,15H2,1H3,(H,28,30). The Bertz CT molecular complexity index is 1270. The molecule has 0 radical (unpaired) electrons. The van der Waals surface area contributed by atoms with Gasteiger partial charge in [0.2, 0.25) is 0 Å². The van der Waals surface area contributed by atoms with Gasteiger partial charge in [-0.15, -0.1) is 0 Å². The third-order valence-electron chi connectivity index (χ3n) is 5.42. The Morgan fingerprint density at radius 1 is 1.12 bits per heavy atom. The van der Waals surface area contributed by atoms with Crippen LogP contribution in [0.25, 0.3) is 0 Å². The predicted molar refractivity (Wildman–Crippen MR) is 124 cm³/mol. The van der Waals surface area contributed by atoms with Crippen LogP contribution in [0, 0.1) is 5.82 Å². The van der Waals surface area contributed by atoms with Crippen molar-refractivity contribution in [2.75, 3.05) is 6.54 Å². The zero-order valence-corrected chi connectivity index (χ0v) is 18.3. The molecule has 1 unspecified atom stereocenters. The van der Waals surface area contributed by atoms with E-state index in [0.29, 0.717) is 29.1 Å². The fourth-order valence-corrected chi connectivity index (χ4v) is 4.83. The molecule has 1 N–H and O–H groups in total. The van der Waals surface area contributed by atoms with Gasteiger partial charge in [0.1, 0.15) is 11.9 Å². The highest BCUT2D eigenvalue weighted by molar-refractivity contribution is 7.99. The summed E-state index contributed by atoms with van der Waals surface area (Å²) in [7, 11) is 0. The number of carbonyl (C=O) groups is 1. The number of allylic oxidation sites excluding steroid dienone is 1. The lowest BCUT2D eigenvalue weighted by Gasteiger charge is -2.13. The summed E-state index contributed by atoms with van der Waals surface area (Å²) < 4.78 is 19.6. The number of halogens is 1. The number of hydrogen-bond donors (Lipinski definition) is 1. The average Bonchev–Trinajstić information content (AvgIpc) is 3.14. The maximum Gasteiger partial charge on any atom is 0.251 e. The van der Waals surface area contributed by atoms with Gasteiger partial charge in [-0.25, -0.2) is 9.38 Å². The average molecular weight is 445 g/mol. The highest BCUT2D eigenvalue weighted by atomic mass is 32.2. The van der Waals surface area contributed by atoms with Gasteiger partial charge in [0, 0.05) is 32.9 Å².